The van der Waals surface area contributed by atoms with Crippen molar-refractivity contribution >= 4 is 65.2 Å². The molecule has 0 saturated heterocycles. The third-order valence-electron chi connectivity index (χ3n) is 10.9. The van der Waals surface area contributed by atoms with Gasteiger partial charge in [-0.25, -0.2) is 0 Å². The summed E-state index contributed by atoms with van der Waals surface area (Å²) in [4.78, 5) is 0. The van der Waals surface area contributed by atoms with Crippen molar-refractivity contribution in [3.8, 4) is 33.6 Å². The van der Waals surface area contributed by atoms with E-state index in [0.29, 0.717) is 0 Å². The zero-order chi connectivity index (χ0) is 34.2. The van der Waals surface area contributed by atoms with Crippen LogP contribution in [-0.4, -0.2) is 9.13 Å². The number of aromatic nitrogens is 2. The normalized spacial score (nSPS) is 11.8. The van der Waals surface area contributed by atoms with Gasteiger partial charge in [0, 0.05) is 32.9 Å². The van der Waals surface area contributed by atoms with E-state index in [1.54, 1.807) is 0 Å². The van der Waals surface area contributed by atoms with Crippen molar-refractivity contribution in [2.24, 2.45) is 0 Å². The fourth-order valence-electron chi connectivity index (χ4n) is 8.51. The molecule has 0 fully saturated rings. The van der Waals surface area contributed by atoms with Gasteiger partial charge in [0.05, 0.1) is 22.1 Å². The number of benzene rings is 9. The molecule has 0 N–H and O–H groups in total. The Hall–Kier alpha value is -6.90. The smallest absolute Gasteiger partial charge is 0.0547 e. The lowest BCUT2D eigenvalue weighted by atomic mass is 9.95. The molecule has 0 amide bonds. The van der Waals surface area contributed by atoms with Gasteiger partial charge in [0.15, 0.2) is 0 Å². The van der Waals surface area contributed by atoms with E-state index in [2.05, 4.69) is 203 Å². The van der Waals surface area contributed by atoms with Crippen LogP contribution in [0.25, 0.3) is 98.8 Å². The molecule has 2 heterocycles. The number of rotatable bonds is 4. The van der Waals surface area contributed by atoms with Crippen LogP contribution in [0.15, 0.2) is 194 Å². The molecule has 0 aliphatic carbocycles. The lowest BCUT2D eigenvalue weighted by Gasteiger charge is -2.11. The largest absolute Gasteiger partial charge is 0.309 e. The first-order valence-corrected chi connectivity index (χ1v) is 17.9. The first-order valence-electron chi connectivity index (χ1n) is 17.9. The SMILES string of the molecule is c1ccc(-c2ccc(-n3c4ccccc4c4c5cc(-c6ccc7c(ccc8c7c7ccccc7n8-c7ccccc7)c6)ccc5ccc43)cc2)cc1. The van der Waals surface area contributed by atoms with E-state index >= 15 is 0 Å². The van der Waals surface area contributed by atoms with Crippen molar-refractivity contribution in [3.63, 3.8) is 0 Å². The number of hydrogen-bond donors (Lipinski definition) is 0. The molecule has 0 atom stereocenters. The molecule has 0 aliphatic heterocycles. The van der Waals surface area contributed by atoms with E-state index in [1.807, 2.05) is 0 Å². The van der Waals surface area contributed by atoms with Crippen molar-refractivity contribution in [1.29, 1.82) is 0 Å². The first-order chi connectivity index (χ1) is 25.8. The Morgan fingerprint density at radius 2 is 0.731 bits per heavy atom. The van der Waals surface area contributed by atoms with Gasteiger partial charge >= 0.3 is 0 Å². The molecule has 0 unspecified atom stereocenters. The molecule has 52 heavy (non-hydrogen) atoms. The second kappa shape index (κ2) is 11.3. The van der Waals surface area contributed by atoms with Crippen molar-refractivity contribution in [2.45, 2.75) is 0 Å². The van der Waals surface area contributed by atoms with Crippen LogP contribution in [0.5, 0.6) is 0 Å². The van der Waals surface area contributed by atoms with Crippen molar-refractivity contribution < 1.29 is 0 Å². The Morgan fingerprint density at radius 3 is 1.42 bits per heavy atom. The highest BCUT2D eigenvalue weighted by Gasteiger charge is 2.17. The van der Waals surface area contributed by atoms with Gasteiger partial charge in [-0.15, -0.1) is 0 Å². The summed E-state index contributed by atoms with van der Waals surface area (Å²) in [5, 5.41) is 10.2. The fraction of sp³-hybridized carbons (Fsp3) is 0. The minimum atomic E-state index is 1.16. The van der Waals surface area contributed by atoms with Crippen LogP contribution in [0.2, 0.25) is 0 Å². The predicted octanol–water partition coefficient (Wildman–Crippen LogP) is 13.5. The quantitative estimate of drug-likeness (QED) is 0.178. The summed E-state index contributed by atoms with van der Waals surface area (Å²) in [5.74, 6) is 0. The van der Waals surface area contributed by atoms with Crippen LogP contribution in [0.4, 0.5) is 0 Å². The van der Waals surface area contributed by atoms with E-state index < -0.39 is 0 Å². The van der Waals surface area contributed by atoms with Gasteiger partial charge in [-0.05, 0) is 104 Å². The predicted molar refractivity (Wildman–Crippen MR) is 221 cm³/mol. The van der Waals surface area contributed by atoms with Crippen molar-refractivity contribution in [3.05, 3.63) is 194 Å². The highest BCUT2D eigenvalue weighted by Crippen LogP contribution is 2.41. The van der Waals surface area contributed by atoms with Crippen LogP contribution in [0.1, 0.15) is 0 Å². The summed E-state index contributed by atoms with van der Waals surface area (Å²) >= 11 is 0. The summed E-state index contributed by atoms with van der Waals surface area (Å²) in [6.45, 7) is 0. The Kier molecular flexibility index (Phi) is 6.28. The standard InChI is InChI=1S/C50H32N2/c1-3-11-33(12-4-1)34-21-26-40(27-22-34)52-46-18-10-8-16-43(46)50-44-32-37(20-19-35(44)24-29-48(50)52)36-23-28-41-38(31-36)25-30-47-49(41)42-15-7-9-17-45(42)51(47)39-13-5-2-6-14-39/h1-32H. The molecule has 11 aromatic rings. The van der Waals surface area contributed by atoms with E-state index in [-0.39, 0.29) is 0 Å². The summed E-state index contributed by atoms with van der Waals surface area (Å²) in [7, 11) is 0. The van der Waals surface area contributed by atoms with Crippen LogP contribution >= 0.6 is 0 Å². The molecule has 2 aromatic heterocycles. The lowest BCUT2D eigenvalue weighted by Crippen LogP contribution is -1.93. The number of nitrogens with zero attached hydrogens (tertiary/aromatic N) is 2. The number of hydrogen-bond acceptors (Lipinski definition) is 0. The molecule has 11 rings (SSSR count). The maximum atomic E-state index is 2.42. The van der Waals surface area contributed by atoms with Gasteiger partial charge in [-0.2, -0.15) is 0 Å². The van der Waals surface area contributed by atoms with E-state index in [9.17, 15) is 0 Å². The maximum absolute atomic E-state index is 2.42. The van der Waals surface area contributed by atoms with E-state index in [4.69, 9.17) is 0 Å². The Morgan fingerprint density at radius 1 is 0.250 bits per heavy atom. The van der Waals surface area contributed by atoms with Crippen LogP contribution in [0.3, 0.4) is 0 Å². The fourth-order valence-corrected chi connectivity index (χ4v) is 8.51. The van der Waals surface area contributed by atoms with Gasteiger partial charge in [0.2, 0.25) is 0 Å². The molecule has 0 aliphatic rings. The highest BCUT2D eigenvalue weighted by molar-refractivity contribution is 6.23. The van der Waals surface area contributed by atoms with E-state index in [1.165, 1.54) is 93.1 Å². The zero-order valence-electron chi connectivity index (χ0n) is 28.4. The summed E-state index contributed by atoms with van der Waals surface area (Å²) < 4.78 is 4.80. The van der Waals surface area contributed by atoms with Gasteiger partial charge in [-0.1, -0.05) is 133 Å². The molecule has 0 saturated carbocycles. The molecule has 9 aromatic carbocycles. The molecular weight excluding hydrogens is 629 g/mol. The summed E-state index contributed by atoms with van der Waals surface area (Å²) in [5.41, 5.74) is 12.1. The topological polar surface area (TPSA) is 9.86 Å². The van der Waals surface area contributed by atoms with Gasteiger partial charge in [0.25, 0.3) is 0 Å². The Labute approximate surface area is 301 Å². The average Bonchev–Trinajstić information content (AvgIpc) is 3.75. The van der Waals surface area contributed by atoms with Crippen LogP contribution in [-0.2, 0) is 0 Å². The van der Waals surface area contributed by atoms with Gasteiger partial charge in [0.1, 0.15) is 0 Å². The summed E-state index contributed by atoms with van der Waals surface area (Å²) in [6.07, 6.45) is 0. The first kappa shape index (κ1) is 28.9. The molecule has 0 radical (unpaired) electrons. The van der Waals surface area contributed by atoms with Gasteiger partial charge < -0.3 is 9.13 Å². The molecule has 242 valence electrons. The Bertz CT molecular complexity index is 3150. The Balaban J connectivity index is 1.08. The van der Waals surface area contributed by atoms with E-state index in [0.717, 1.165) is 5.69 Å². The molecular formula is C50H32N2. The van der Waals surface area contributed by atoms with Crippen LogP contribution in [0, 0.1) is 0 Å². The molecule has 2 heteroatoms. The molecule has 0 bridgehead atoms. The maximum Gasteiger partial charge on any atom is 0.0547 e. The second-order valence-corrected chi connectivity index (χ2v) is 13.7. The average molecular weight is 661 g/mol. The monoisotopic (exact) mass is 660 g/mol. The minimum absolute atomic E-state index is 1.16. The minimum Gasteiger partial charge on any atom is -0.309 e. The van der Waals surface area contributed by atoms with Crippen molar-refractivity contribution in [1.82, 2.24) is 9.13 Å². The highest BCUT2D eigenvalue weighted by atomic mass is 15.0. The van der Waals surface area contributed by atoms with Crippen LogP contribution < -0.4 is 0 Å². The zero-order valence-corrected chi connectivity index (χ0v) is 28.4. The third kappa shape index (κ3) is 4.31. The number of para-hydroxylation sites is 3. The third-order valence-corrected chi connectivity index (χ3v) is 10.9. The molecule has 2 nitrogen and oxygen atoms in total. The van der Waals surface area contributed by atoms with Gasteiger partial charge in [-0.3, -0.25) is 0 Å². The number of fused-ring (bicyclic) bond motifs is 10. The second-order valence-electron chi connectivity index (χ2n) is 13.7. The lowest BCUT2D eigenvalue weighted by molar-refractivity contribution is 1.18. The van der Waals surface area contributed by atoms with Crippen molar-refractivity contribution in [2.75, 3.05) is 0 Å². The summed E-state index contributed by atoms with van der Waals surface area (Å²) in [6, 6.07) is 70.9. The molecule has 0 spiro atoms.